The van der Waals surface area contributed by atoms with Crippen LogP contribution in [0.3, 0.4) is 0 Å². The average molecular weight is 283 g/mol. The van der Waals surface area contributed by atoms with Gasteiger partial charge < -0.3 is 14.9 Å². The van der Waals surface area contributed by atoms with Crippen molar-refractivity contribution in [2.75, 3.05) is 0 Å². The van der Waals surface area contributed by atoms with Gasteiger partial charge in [-0.15, -0.1) is 0 Å². The van der Waals surface area contributed by atoms with Gasteiger partial charge in [0, 0.05) is 31.7 Å². The van der Waals surface area contributed by atoms with Crippen molar-refractivity contribution in [3.63, 3.8) is 0 Å². The van der Waals surface area contributed by atoms with Gasteiger partial charge >= 0.3 is 5.97 Å². The molecule has 1 rings (SSSR count). The molecule has 0 spiro atoms. The fourth-order valence-electron chi connectivity index (χ4n) is 1.70. The lowest BCUT2D eigenvalue weighted by Crippen LogP contribution is -2.33. The Morgan fingerprint density at radius 2 is 2.10 bits per heavy atom. The van der Waals surface area contributed by atoms with Crippen LogP contribution in [0.25, 0.3) is 0 Å². The SMILES string of the molecule is CCCc1noc(CCC(=O)NC(C)CCC(=O)O)n1. The molecule has 0 aromatic carbocycles. The molecule has 0 aliphatic carbocycles. The minimum atomic E-state index is -0.861. The minimum Gasteiger partial charge on any atom is -0.481 e. The van der Waals surface area contributed by atoms with Gasteiger partial charge in [-0.05, 0) is 19.8 Å². The number of carboxylic acid groups (broad SMARTS) is 1. The summed E-state index contributed by atoms with van der Waals surface area (Å²) in [4.78, 5) is 26.2. The summed E-state index contributed by atoms with van der Waals surface area (Å²) in [5, 5.41) is 15.1. The van der Waals surface area contributed by atoms with Crippen molar-refractivity contribution in [1.29, 1.82) is 0 Å². The number of aryl methyl sites for hydroxylation is 2. The van der Waals surface area contributed by atoms with E-state index in [4.69, 9.17) is 9.63 Å². The first kappa shape index (κ1) is 16.1. The van der Waals surface area contributed by atoms with E-state index < -0.39 is 5.97 Å². The molecule has 1 aromatic heterocycles. The number of rotatable bonds is 9. The van der Waals surface area contributed by atoms with Gasteiger partial charge in [-0.3, -0.25) is 9.59 Å². The van der Waals surface area contributed by atoms with Gasteiger partial charge in [-0.1, -0.05) is 12.1 Å². The predicted molar refractivity (Wildman–Crippen MR) is 71.1 cm³/mol. The van der Waals surface area contributed by atoms with E-state index in [-0.39, 0.29) is 24.8 Å². The van der Waals surface area contributed by atoms with Gasteiger partial charge in [0.25, 0.3) is 0 Å². The molecule has 0 aliphatic rings. The lowest BCUT2D eigenvalue weighted by molar-refractivity contribution is -0.137. The Hall–Kier alpha value is -1.92. The van der Waals surface area contributed by atoms with Gasteiger partial charge in [-0.2, -0.15) is 4.98 Å². The number of carboxylic acids is 1. The Morgan fingerprint density at radius 3 is 2.75 bits per heavy atom. The van der Waals surface area contributed by atoms with Crippen molar-refractivity contribution in [3.8, 4) is 0 Å². The summed E-state index contributed by atoms with van der Waals surface area (Å²) in [5.74, 6) is 0.123. The third-order valence-corrected chi connectivity index (χ3v) is 2.75. The molecule has 0 fully saturated rings. The first-order valence-electron chi connectivity index (χ1n) is 6.83. The Bertz CT molecular complexity index is 445. The van der Waals surface area contributed by atoms with Crippen molar-refractivity contribution >= 4 is 11.9 Å². The molecule has 1 aromatic rings. The number of aliphatic carboxylic acids is 1. The Balaban J connectivity index is 2.26. The summed E-state index contributed by atoms with van der Waals surface area (Å²) in [5.41, 5.74) is 0. The zero-order chi connectivity index (χ0) is 15.0. The number of carbonyl (C=O) groups excluding carboxylic acids is 1. The van der Waals surface area contributed by atoms with Crippen molar-refractivity contribution < 1.29 is 19.2 Å². The van der Waals surface area contributed by atoms with Crippen LogP contribution in [0, 0.1) is 0 Å². The Kier molecular flexibility index (Phi) is 6.69. The molecule has 112 valence electrons. The zero-order valence-corrected chi connectivity index (χ0v) is 11.9. The number of hydrogen-bond acceptors (Lipinski definition) is 5. The van der Waals surface area contributed by atoms with Gasteiger partial charge in [0.05, 0.1) is 0 Å². The molecule has 0 saturated carbocycles. The van der Waals surface area contributed by atoms with Crippen LogP contribution < -0.4 is 5.32 Å². The molecule has 0 aliphatic heterocycles. The van der Waals surface area contributed by atoms with E-state index >= 15 is 0 Å². The van der Waals surface area contributed by atoms with Crippen LogP contribution in [0.4, 0.5) is 0 Å². The lowest BCUT2D eigenvalue weighted by atomic mass is 10.1. The highest BCUT2D eigenvalue weighted by Gasteiger charge is 2.11. The number of nitrogens with one attached hydrogen (secondary N) is 1. The topological polar surface area (TPSA) is 105 Å². The standard InChI is InChI=1S/C13H21N3O4/c1-3-4-10-15-12(20-16-10)7-6-11(17)14-9(2)5-8-13(18)19/h9H,3-8H2,1-2H3,(H,14,17)(H,18,19). The molecule has 0 radical (unpaired) electrons. The highest BCUT2D eigenvalue weighted by molar-refractivity contribution is 5.76. The van der Waals surface area contributed by atoms with Crippen LogP contribution in [0.15, 0.2) is 4.52 Å². The molecule has 7 nitrogen and oxygen atoms in total. The van der Waals surface area contributed by atoms with E-state index in [9.17, 15) is 9.59 Å². The number of amides is 1. The number of nitrogens with zero attached hydrogens (tertiary/aromatic N) is 2. The molecule has 1 atom stereocenters. The van der Waals surface area contributed by atoms with E-state index in [1.165, 1.54) is 0 Å². The van der Waals surface area contributed by atoms with Crippen molar-refractivity contribution in [2.24, 2.45) is 0 Å². The third kappa shape index (κ3) is 6.31. The summed E-state index contributed by atoms with van der Waals surface area (Å²) in [6, 6.07) is -0.156. The second kappa shape index (κ2) is 8.29. The maximum Gasteiger partial charge on any atom is 0.303 e. The van der Waals surface area contributed by atoms with Crippen molar-refractivity contribution in [2.45, 2.75) is 58.4 Å². The molecule has 1 unspecified atom stereocenters. The zero-order valence-electron chi connectivity index (χ0n) is 11.9. The molecule has 7 heteroatoms. The highest BCUT2D eigenvalue weighted by Crippen LogP contribution is 2.04. The third-order valence-electron chi connectivity index (χ3n) is 2.75. The van der Waals surface area contributed by atoms with E-state index in [2.05, 4.69) is 15.5 Å². The Labute approximate surface area is 117 Å². The largest absolute Gasteiger partial charge is 0.481 e. The fraction of sp³-hybridized carbons (Fsp3) is 0.692. The quantitative estimate of drug-likeness (QED) is 0.708. The molecule has 1 amide bonds. The normalized spacial score (nSPS) is 12.1. The van der Waals surface area contributed by atoms with Crippen LogP contribution in [0.2, 0.25) is 0 Å². The molecule has 0 saturated heterocycles. The maximum absolute atomic E-state index is 11.7. The molecular formula is C13H21N3O4. The average Bonchev–Trinajstić information content (AvgIpc) is 2.82. The van der Waals surface area contributed by atoms with Crippen molar-refractivity contribution in [3.05, 3.63) is 11.7 Å². The van der Waals surface area contributed by atoms with E-state index in [0.717, 1.165) is 12.8 Å². The van der Waals surface area contributed by atoms with E-state index in [0.29, 0.717) is 24.6 Å². The summed E-state index contributed by atoms with van der Waals surface area (Å²) in [7, 11) is 0. The first-order valence-corrected chi connectivity index (χ1v) is 6.83. The van der Waals surface area contributed by atoms with Gasteiger partial charge in [0.15, 0.2) is 5.82 Å². The van der Waals surface area contributed by atoms with Crippen molar-refractivity contribution in [1.82, 2.24) is 15.5 Å². The van der Waals surface area contributed by atoms with Crippen LogP contribution in [0.1, 0.15) is 51.2 Å². The first-order chi connectivity index (χ1) is 9.51. The second-order valence-electron chi connectivity index (χ2n) is 4.76. The summed E-state index contributed by atoms with van der Waals surface area (Å²) in [6.07, 6.45) is 2.83. The highest BCUT2D eigenvalue weighted by atomic mass is 16.5. The summed E-state index contributed by atoms with van der Waals surface area (Å²) < 4.78 is 5.03. The monoisotopic (exact) mass is 283 g/mol. The van der Waals surface area contributed by atoms with Crippen LogP contribution in [-0.2, 0) is 22.4 Å². The van der Waals surface area contributed by atoms with E-state index in [1.54, 1.807) is 6.92 Å². The predicted octanol–water partition coefficient (Wildman–Crippen LogP) is 1.32. The number of carbonyl (C=O) groups is 2. The van der Waals surface area contributed by atoms with Crippen LogP contribution in [0.5, 0.6) is 0 Å². The van der Waals surface area contributed by atoms with Gasteiger partial charge in [-0.25, -0.2) is 0 Å². The lowest BCUT2D eigenvalue weighted by Gasteiger charge is -2.11. The molecular weight excluding hydrogens is 262 g/mol. The molecule has 1 heterocycles. The molecule has 2 N–H and O–H groups in total. The number of hydrogen-bond donors (Lipinski definition) is 2. The van der Waals surface area contributed by atoms with Gasteiger partial charge in [0.2, 0.25) is 11.8 Å². The molecule has 0 bridgehead atoms. The fourth-order valence-corrected chi connectivity index (χ4v) is 1.70. The maximum atomic E-state index is 11.7. The number of aromatic nitrogens is 2. The minimum absolute atomic E-state index is 0.0471. The van der Waals surface area contributed by atoms with Crippen LogP contribution in [-0.4, -0.2) is 33.2 Å². The summed E-state index contributed by atoms with van der Waals surface area (Å²) >= 11 is 0. The Morgan fingerprint density at radius 1 is 1.35 bits per heavy atom. The second-order valence-corrected chi connectivity index (χ2v) is 4.76. The van der Waals surface area contributed by atoms with Gasteiger partial charge in [0.1, 0.15) is 0 Å². The smallest absolute Gasteiger partial charge is 0.303 e. The summed E-state index contributed by atoms with van der Waals surface area (Å²) in [6.45, 7) is 3.81. The van der Waals surface area contributed by atoms with Crippen LogP contribution >= 0.6 is 0 Å². The van der Waals surface area contributed by atoms with E-state index in [1.807, 2.05) is 6.92 Å². The molecule has 20 heavy (non-hydrogen) atoms.